The molecule has 0 saturated heterocycles. The average molecular weight is 416 g/mol. The van der Waals surface area contributed by atoms with Gasteiger partial charge in [0.1, 0.15) is 10.8 Å². The topological polar surface area (TPSA) is 64.0 Å². The highest BCUT2D eigenvalue weighted by Crippen LogP contribution is 2.30. The lowest BCUT2D eigenvalue weighted by Crippen LogP contribution is -2.27. The second kappa shape index (κ2) is 8.28. The molecule has 1 aliphatic carbocycles. The normalized spacial score (nSPS) is 12.8. The number of rotatable bonds is 6. The van der Waals surface area contributed by atoms with Gasteiger partial charge in [0.15, 0.2) is 0 Å². The van der Waals surface area contributed by atoms with Crippen molar-refractivity contribution in [2.24, 2.45) is 0 Å². The predicted molar refractivity (Wildman–Crippen MR) is 110 cm³/mol. The van der Waals surface area contributed by atoms with Crippen molar-refractivity contribution >= 4 is 34.7 Å². The number of benzene rings is 1. The molecular weight excluding hydrogens is 397 g/mol. The quantitative estimate of drug-likeness (QED) is 0.492. The van der Waals surface area contributed by atoms with Crippen molar-refractivity contribution in [3.8, 4) is 0 Å². The fraction of sp³-hybridized carbons (Fsp3) is 0.250. The molecule has 0 radical (unpaired) electrons. The molecule has 1 aromatic carbocycles. The van der Waals surface area contributed by atoms with E-state index >= 15 is 0 Å². The Morgan fingerprint density at radius 2 is 2.11 bits per heavy atom. The van der Waals surface area contributed by atoms with E-state index in [2.05, 4.69) is 10.3 Å². The van der Waals surface area contributed by atoms with Crippen LogP contribution in [0.15, 0.2) is 51.6 Å². The number of aromatic nitrogens is 2. The lowest BCUT2D eigenvalue weighted by Gasteiger charge is -2.13. The van der Waals surface area contributed by atoms with E-state index in [0.717, 1.165) is 35.4 Å². The summed E-state index contributed by atoms with van der Waals surface area (Å²) >= 11 is 2.85. The van der Waals surface area contributed by atoms with Crippen LogP contribution >= 0.6 is 23.1 Å². The summed E-state index contributed by atoms with van der Waals surface area (Å²) in [6, 6.07) is 10.0. The van der Waals surface area contributed by atoms with Gasteiger partial charge in [0, 0.05) is 16.1 Å². The Labute approximate surface area is 169 Å². The van der Waals surface area contributed by atoms with Crippen LogP contribution in [0.2, 0.25) is 0 Å². The minimum absolute atomic E-state index is 0.0716. The largest absolute Gasteiger partial charge is 0.349 e. The van der Waals surface area contributed by atoms with E-state index in [0.29, 0.717) is 11.6 Å². The number of carbonyl (C=O) groups excluding carboxylic acids is 1. The molecule has 0 aliphatic heterocycles. The molecule has 4 rings (SSSR count). The number of thioether (sulfide) groups is 1. The molecule has 28 heavy (non-hydrogen) atoms. The Kier molecular flexibility index (Phi) is 5.59. The summed E-state index contributed by atoms with van der Waals surface area (Å²) in [6.45, 7) is 0.532. The lowest BCUT2D eigenvalue weighted by atomic mass is 10.2. The third-order valence-corrected chi connectivity index (χ3v) is 6.46. The van der Waals surface area contributed by atoms with E-state index < -0.39 is 5.82 Å². The van der Waals surface area contributed by atoms with Crippen LogP contribution in [0, 0.1) is 5.82 Å². The van der Waals surface area contributed by atoms with Crippen molar-refractivity contribution in [2.75, 3.05) is 11.1 Å². The standard InChI is InChI=1S/C20H18FN3O2S2/c21-15-7-1-2-8-16(15)22-18(25)12-28-19-14-6-3-9-17(14)24(20(26)23-19)11-13-5-4-10-27-13/h1-2,4-5,7-8,10H,3,6,9,11-12H2,(H,22,25). The third-order valence-electron chi connectivity index (χ3n) is 4.58. The third kappa shape index (κ3) is 4.02. The monoisotopic (exact) mass is 415 g/mol. The number of amides is 1. The fourth-order valence-corrected chi connectivity index (χ4v) is 4.88. The number of nitrogens with zero attached hydrogens (tertiary/aromatic N) is 2. The summed E-state index contributed by atoms with van der Waals surface area (Å²) in [5.41, 5.74) is 1.94. The van der Waals surface area contributed by atoms with Crippen molar-refractivity contribution < 1.29 is 9.18 Å². The van der Waals surface area contributed by atoms with Gasteiger partial charge in [-0.05, 0) is 42.8 Å². The van der Waals surface area contributed by atoms with Crippen molar-refractivity contribution in [2.45, 2.75) is 30.8 Å². The molecule has 8 heteroatoms. The van der Waals surface area contributed by atoms with Crippen molar-refractivity contribution in [1.29, 1.82) is 0 Å². The van der Waals surface area contributed by atoms with Gasteiger partial charge in [-0.15, -0.1) is 11.3 Å². The minimum Gasteiger partial charge on any atom is -0.323 e. The van der Waals surface area contributed by atoms with Gasteiger partial charge in [-0.2, -0.15) is 4.98 Å². The highest BCUT2D eigenvalue weighted by molar-refractivity contribution is 8.00. The molecule has 1 amide bonds. The van der Waals surface area contributed by atoms with Crippen LogP contribution < -0.4 is 11.0 Å². The minimum atomic E-state index is -0.476. The van der Waals surface area contributed by atoms with E-state index in [9.17, 15) is 14.0 Å². The van der Waals surface area contributed by atoms with Gasteiger partial charge in [0.25, 0.3) is 0 Å². The molecule has 144 valence electrons. The molecule has 0 fully saturated rings. The van der Waals surface area contributed by atoms with Crippen LogP contribution in [0.5, 0.6) is 0 Å². The number of fused-ring (bicyclic) bond motifs is 1. The Morgan fingerprint density at radius 3 is 2.89 bits per heavy atom. The van der Waals surface area contributed by atoms with Crippen molar-refractivity contribution in [1.82, 2.24) is 9.55 Å². The van der Waals surface area contributed by atoms with Crippen LogP contribution in [0.4, 0.5) is 10.1 Å². The Hall–Kier alpha value is -2.45. The Balaban J connectivity index is 1.50. The maximum Gasteiger partial charge on any atom is 0.349 e. The lowest BCUT2D eigenvalue weighted by molar-refractivity contribution is -0.113. The summed E-state index contributed by atoms with van der Waals surface area (Å²) in [7, 11) is 0. The zero-order valence-corrected chi connectivity index (χ0v) is 16.6. The Morgan fingerprint density at radius 1 is 1.25 bits per heavy atom. The first-order valence-corrected chi connectivity index (χ1v) is 10.8. The number of nitrogens with one attached hydrogen (secondary N) is 1. The first kappa shape index (κ1) is 18.9. The maximum atomic E-state index is 13.7. The number of para-hydroxylation sites is 1. The molecule has 0 saturated carbocycles. The second-order valence-corrected chi connectivity index (χ2v) is 8.46. The predicted octanol–water partition coefficient (Wildman–Crippen LogP) is 3.71. The summed E-state index contributed by atoms with van der Waals surface area (Å²) in [4.78, 5) is 30.1. The van der Waals surface area contributed by atoms with E-state index in [1.165, 1.54) is 23.9 Å². The zero-order chi connectivity index (χ0) is 19.5. The number of carbonyl (C=O) groups is 1. The smallest absolute Gasteiger partial charge is 0.323 e. The van der Waals surface area contributed by atoms with Gasteiger partial charge in [-0.3, -0.25) is 9.36 Å². The van der Waals surface area contributed by atoms with Crippen LogP contribution in [-0.2, 0) is 24.2 Å². The Bertz CT molecular complexity index is 1060. The van der Waals surface area contributed by atoms with Gasteiger partial charge in [-0.25, -0.2) is 9.18 Å². The van der Waals surface area contributed by atoms with Gasteiger partial charge in [0.2, 0.25) is 5.91 Å². The SMILES string of the molecule is O=C(CSc1nc(=O)n(Cc2cccs2)c2c1CCC2)Nc1ccccc1F. The summed E-state index contributed by atoms with van der Waals surface area (Å²) in [5, 5.41) is 5.17. The molecule has 0 unspecified atom stereocenters. The van der Waals surface area contributed by atoms with Gasteiger partial charge >= 0.3 is 5.69 Å². The molecule has 0 spiro atoms. The summed E-state index contributed by atoms with van der Waals surface area (Å²) in [6.07, 6.45) is 2.66. The molecule has 5 nitrogen and oxygen atoms in total. The highest BCUT2D eigenvalue weighted by Gasteiger charge is 2.22. The fourth-order valence-electron chi connectivity index (χ4n) is 3.31. The van der Waals surface area contributed by atoms with Crippen LogP contribution in [0.25, 0.3) is 0 Å². The highest BCUT2D eigenvalue weighted by atomic mass is 32.2. The van der Waals surface area contributed by atoms with E-state index in [4.69, 9.17) is 0 Å². The van der Waals surface area contributed by atoms with Crippen LogP contribution in [0.3, 0.4) is 0 Å². The molecule has 1 aliphatic rings. The number of thiophene rings is 1. The first-order valence-electron chi connectivity index (χ1n) is 8.94. The molecular formula is C20H18FN3O2S2. The second-order valence-electron chi connectivity index (χ2n) is 6.46. The molecule has 3 aromatic rings. The summed E-state index contributed by atoms with van der Waals surface area (Å²) < 4.78 is 15.4. The molecule has 2 aromatic heterocycles. The maximum absolute atomic E-state index is 13.7. The summed E-state index contributed by atoms with van der Waals surface area (Å²) in [5.74, 6) is -0.732. The molecule has 2 heterocycles. The van der Waals surface area contributed by atoms with E-state index in [1.807, 2.05) is 17.5 Å². The first-order chi connectivity index (χ1) is 13.6. The van der Waals surface area contributed by atoms with Crippen molar-refractivity contribution in [3.05, 3.63) is 74.2 Å². The van der Waals surface area contributed by atoms with Crippen LogP contribution in [0.1, 0.15) is 22.6 Å². The van der Waals surface area contributed by atoms with E-state index in [-0.39, 0.29) is 23.0 Å². The molecule has 0 atom stereocenters. The number of anilines is 1. The molecule has 1 N–H and O–H groups in total. The van der Waals surface area contributed by atoms with Gasteiger partial charge < -0.3 is 5.32 Å². The number of halogens is 1. The van der Waals surface area contributed by atoms with Gasteiger partial charge in [0.05, 0.1) is 18.0 Å². The number of hydrogen-bond donors (Lipinski definition) is 1. The molecule has 0 bridgehead atoms. The van der Waals surface area contributed by atoms with Crippen molar-refractivity contribution in [3.63, 3.8) is 0 Å². The van der Waals surface area contributed by atoms with Crippen LogP contribution in [-0.4, -0.2) is 21.2 Å². The number of hydrogen-bond acceptors (Lipinski definition) is 5. The average Bonchev–Trinajstić information content (AvgIpc) is 3.36. The zero-order valence-electron chi connectivity index (χ0n) is 15.0. The van der Waals surface area contributed by atoms with E-state index in [1.54, 1.807) is 28.0 Å². The van der Waals surface area contributed by atoms with Gasteiger partial charge in [-0.1, -0.05) is 30.0 Å².